The van der Waals surface area contributed by atoms with E-state index >= 15 is 0 Å². The van der Waals surface area contributed by atoms with Gasteiger partial charge in [0.15, 0.2) is 0 Å². The number of carbonyl (C=O) groups excluding carboxylic acids is 1. The molecule has 2 aromatic carbocycles. The molecule has 2 rings (SSSR count). The summed E-state index contributed by atoms with van der Waals surface area (Å²) in [7, 11) is 1.73. The van der Waals surface area contributed by atoms with E-state index in [2.05, 4.69) is 0 Å². The van der Waals surface area contributed by atoms with E-state index in [1.165, 1.54) is 5.56 Å². The molecule has 0 heterocycles. The summed E-state index contributed by atoms with van der Waals surface area (Å²) < 4.78 is 5.45. The van der Waals surface area contributed by atoms with Crippen LogP contribution in [0.2, 0.25) is 0 Å². The zero-order valence-corrected chi connectivity index (χ0v) is 12.2. The molecule has 0 aliphatic rings. The SMILES string of the molecule is CN(C(=O)COCCc1ccccc1)c1ccc(N)cc1. The minimum Gasteiger partial charge on any atom is -0.399 e. The van der Waals surface area contributed by atoms with Crippen LogP contribution in [0.1, 0.15) is 5.56 Å². The number of ether oxygens (including phenoxy) is 1. The third-order valence-corrected chi connectivity index (χ3v) is 3.26. The van der Waals surface area contributed by atoms with Crippen molar-refractivity contribution in [1.29, 1.82) is 0 Å². The third-order valence-electron chi connectivity index (χ3n) is 3.26. The van der Waals surface area contributed by atoms with Gasteiger partial charge in [0.05, 0.1) is 6.61 Å². The van der Waals surface area contributed by atoms with Crippen molar-refractivity contribution < 1.29 is 9.53 Å². The molecule has 0 saturated heterocycles. The molecule has 2 aromatic rings. The molecule has 1 amide bonds. The Kier molecular flexibility index (Phi) is 5.35. The highest BCUT2D eigenvalue weighted by Gasteiger charge is 2.10. The summed E-state index contributed by atoms with van der Waals surface area (Å²) in [5.74, 6) is -0.0761. The molecule has 0 aliphatic heterocycles. The van der Waals surface area contributed by atoms with Gasteiger partial charge >= 0.3 is 0 Å². The first-order valence-electron chi connectivity index (χ1n) is 6.90. The normalized spacial score (nSPS) is 10.3. The Morgan fingerprint density at radius 3 is 2.43 bits per heavy atom. The highest BCUT2D eigenvalue weighted by molar-refractivity contribution is 5.93. The van der Waals surface area contributed by atoms with Crippen LogP contribution in [-0.4, -0.2) is 26.2 Å². The largest absolute Gasteiger partial charge is 0.399 e. The highest BCUT2D eigenvalue weighted by Crippen LogP contribution is 2.14. The number of likely N-dealkylation sites (N-methyl/N-ethyl adjacent to an activating group) is 1. The van der Waals surface area contributed by atoms with E-state index in [1.807, 2.05) is 42.5 Å². The van der Waals surface area contributed by atoms with Gasteiger partial charge in [-0.15, -0.1) is 0 Å². The molecular weight excluding hydrogens is 264 g/mol. The fraction of sp³-hybridized carbons (Fsp3) is 0.235. The van der Waals surface area contributed by atoms with Crippen LogP contribution in [-0.2, 0) is 16.0 Å². The minimum atomic E-state index is -0.0761. The molecule has 0 atom stereocenters. The van der Waals surface area contributed by atoms with Crippen LogP contribution < -0.4 is 10.6 Å². The summed E-state index contributed by atoms with van der Waals surface area (Å²) in [4.78, 5) is 13.6. The van der Waals surface area contributed by atoms with Crippen LogP contribution in [0.4, 0.5) is 11.4 Å². The van der Waals surface area contributed by atoms with Crippen LogP contribution in [0.25, 0.3) is 0 Å². The molecule has 0 unspecified atom stereocenters. The van der Waals surface area contributed by atoms with E-state index in [-0.39, 0.29) is 12.5 Å². The highest BCUT2D eigenvalue weighted by atomic mass is 16.5. The second-order valence-corrected chi connectivity index (χ2v) is 4.83. The van der Waals surface area contributed by atoms with Crippen molar-refractivity contribution in [2.75, 3.05) is 30.9 Å². The Balaban J connectivity index is 1.75. The predicted octanol–water partition coefficient (Wildman–Crippen LogP) is 2.49. The maximum absolute atomic E-state index is 12.0. The van der Waals surface area contributed by atoms with Gasteiger partial charge in [-0.3, -0.25) is 4.79 Å². The number of hydrogen-bond donors (Lipinski definition) is 1. The standard InChI is InChI=1S/C17H20N2O2/c1-19(16-9-7-15(18)8-10-16)17(20)13-21-12-11-14-5-3-2-4-6-14/h2-10H,11-13,18H2,1H3. The Morgan fingerprint density at radius 2 is 1.76 bits per heavy atom. The van der Waals surface area contributed by atoms with E-state index in [0.717, 1.165) is 12.1 Å². The number of nitrogens with zero attached hydrogens (tertiary/aromatic N) is 1. The molecule has 0 saturated carbocycles. The van der Waals surface area contributed by atoms with Gasteiger partial charge in [-0.25, -0.2) is 0 Å². The number of rotatable bonds is 6. The zero-order chi connectivity index (χ0) is 15.1. The topological polar surface area (TPSA) is 55.6 Å². The van der Waals surface area contributed by atoms with Gasteiger partial charge in [-0.1, -0.05) is 30.3 Å². The first-order valence-corrected chi connectivity index (χ1v) is 6.90. The summed E-state index contributed by atoms with van der Waals surface area (Å²) in [6.07, 6.45) is 0.805. The van der Waals surface area contributed by atoms with Gasteiger partial charge in [0.1, 0.15) is 6.61 Å². The summed E-state index contributed by atoms with van der Waals surface area (Å²) in [5.41, 5.74) is 8.32. The molecule has 4 heteroatoms. The number of hydrogen-bond acceptors (Lipinski definition) is 3. The fourth-order valence-electron chi connectivity index (χ4n) is 1.93. The molecule has 0 aliphatic carbocycles. The monoisotopic (exact) mass is 284 g/mol. The average molecular weight is 284 g/mol. The van der Waals surface area contributed by atoms with Crippen molar-refractivity contribution in [3.05, 3.63) is 60.2 Å². The molecular formula is C17H20N2O2. The molecule has 21 heavy (non-hydrogen) atoms. The predicted molar refractivity (Wildman–Crippen MR) is 85.2 cm³/mol. The second kappa shape index (κ2) is 7.45. The Labute approximate surface area is 125 Å². The number of nitrogen functional groups attached to an aromatic ring is 1. The smallest absolute Gasteiger partial charge is 0.252 e. The molecule has 0 spiro atoms. The van der Waals surface area contributed by atoms with Crippen LogP contribution in [0.5, 0.6) is 0 Å². The quantitative estimate of drug-likeness (QED) is 0.655. The van der Waals surface area contributed by atoms with E-state index in [9.17, 15) is 4.79 Å². The Bertz CT molecular complexity index is 567. The third kappa shape index (κ3) is 4.61. The number of carbonyl (C=O) groups is 1. The zero-order valence-electron chi connectivity index (χ0n) is 12.2. The van der Waals surface area contributed by atoms with Crippen LogP contribution in [0.3, 0.4) is 0 Å². The molecule has 110 valence electrons. The molecule has 0 radical (unpaired) electrons. The summed E-state index contributed by atoms with van der Waals surface area (Å²) >= 11 is 0. The first kappa shape index (κ1) is 15.1. The van der Waals surface area contributed by atoms with Gasteiger partial charge in [0, 0.05) is 18.4 Å². The lowest BCUT2D eigenvalue weighted by atomic mass is 10.2. The molecule has 0 fully saturated rings. The number of anilines is 2. The summed E-state index contributed by atoms with van der Waals surface area (Å²) in [5, 5.41) is 0. The van der Waals surface area contributed by atoms with Crippen molar-refractivity contribution in [2.24, 2.45) is 0 Å². The van der Waals surface area contributed by atoms with Gasteiger partial charge < -0.3 is 15.4 Å². The van der Waals surface area contributed by atoms with Crippen molar-refractivity contribution in [1.82, 2.24) is 0 Å². The van der Waals surface area contributed by atoms with Gasteiger partial charge in [0.25, 0.3) is 5.91 Å². The van der Waals surface area contributed by atoms with Crippen molar-refractivity contribution >= 4 is 17.3 Å². The molecule has 0 aromatic heterocycles. The van der Waals surface area contributed by atoms with E-state index in [1.54, 1.807) is 24.1 Å². The van der Waals surface area contributed by atoms with Crippen molar-refractivity contribution in [3.8, 4) is 0 Å². The summed E-state index contributed by atoms with van der Waals surface area (Å²) in [6, 6.07) is 17.2. The van der Waals surface area contributed by atoms with Crippen LogP contribution in [0, 0.1) is 0 Å². The lowest BCUT2D eigenvalue weighted by Gasteiger charge is -2.17. The van der Waals surface area contributed by atoms with Crippen LogP contribution in [0.15, 0.2) is 54.6 Å². The number of nitrogens with two attached hydrogens (primary N) is 1. The summed E-state index contributed by atoms with van der Waals surface area (Å²) in [6.45, 7) is 0.610. The molecule has 0 bridgehead atoms. The number of amides is 1. The maximum Gasteiger partial charge on any atom is 0.252 e. The minimum absolute atomic E-state index is 0.0761. The van der Waals surface area contributed by atoms with E-state index in [4.69, 9.17) is 10.5 Å². The Hall–Kier alpha value is -2.33. The van der Waals surface area contributed by atoms with Crippen molar-refractivity contribution in [3.63, 3.8) is 0 Å². The first-order chi connectivity index (χ1) is 10.2. The van der Waals surface area contributed by atoms with Gasteiger partial charge in [-0.2, -0.15) is 0 Å². The second-order valence-electron chi connectivity index (χ2n) is 4.83. The van der Waals surface area contributed by atoms with Crippen LogP contribution >= 0.6 is 0 Å². The maximum atomic E-state index is 12.0. The van der Waals surface area contributed by atoms with Gasteiger partial charge in [0.2, 0.25) is 0 Å². The Morgan fingerprint density at radius 1 is 1.10 bits per heavy atom. The van der Waals surface area contributed by atoms with Crippen molar-refractivity contribution in [2.45, 2.75) is 6.42 Å². The average Bonchev–Trinajstić information content (AvgIpc) is 2.52. The molecule has 2 N–H and O–H groups in total. The van der Waals surface area contributed by atoms with E-state index < -0.39 is 0 Å². The lowest BCUT2D eigenvalue weighted by Crippen LogP contribution is -2.30. The lowest BCUT2D eigenvalue weighted by molar-refractivity contribution is -0.122. The fourth-order valence-corrected chi connectivity index (χ4v) is 1.93. The molecule has 4 nitrogen and oxygen atoms in total. The van der Waals surface area contributed by atoms with Gasteiger partial charge in [-0.05, 0) is 36.2 Å². The number of benzene rings is 2. The van der Waals surface area contributed by atoms with E-state index in [0.29, 0.717) is 12.3 Å².